The van der Waals surface area contributed by atoms with Crippen LogP contribution in [-0.4, -0.2) is 5.11 Å². The molecule has 1 aromatic carbocycles. The molecule has 1 N–H and O–H groups in total. The maximum Gasteiger partial charge on any atom is 0.0790 e. The third-order valence-corrected chi connectivity index (χ3v) is 4.00. The molecule has 0 heterocycles. The minimum Gasteiger partial charge on any atom is -0.388 e. The minimum absolute atomic E-state index is 0.264. The predicted octanol–water partition coefficient (Wildman–Crippen LogP) is 4.47. The van der Waals surface area contributed by atoms with Crippen LogP contribution in [0.1, 0.15) is 63.0 Å². The van der Waals surface area contributed by atoms with E-state index >= 15 is 0 Å². The number of rotatable bonds is 5. The van der Waals surface area contributed by atoms with Crippen LogP contribution in [0.5, 0.6) is 0 Å². The van der Waals surface area contributed by atoms with Crippen molar-refractivity contribution in [1.29, 1.82) is 0 Å². The van der Waals surface area contributed by atoms with Gasteiger partial charge in [-0.05, 0) is 17.9 Å². The molecule has 1 saturated carbocycles. The van der Waals surface area contributed by atoms with E-state index in [1.54, 1.807) is 0 Å². The van der Waals surface area contributed by atoms with Crippen LogP contribution in [0.3, 0.4) is 0 Å². The lowest BCUT2D eigenvalue weighted by Gasteiger charge is -2.21. The smallest absolute Gasteiger partial charge is 0.0790 e. The monoisotopic (exact) mass is 232 g/mol. The van der Waals surface area contributed by atoms with Crippen molar-refractivity contribution in [2.45, 2.75) is 57.5 Å². The Hall–Kier alpha value is -0.820. The SMILES string of the molecule is OC(CCCC1CCCCC1)c1ccccc1. The van der Waals surface area contributed by atoms with Gasteiger partial charge in [0.2, 0.25) is 0 Å². The molecule has 0 aliphatic heterocycles. The molecule has 1 nitrogen and oxygen atoms in total. The van der Waals surface area contributed by atoms with Gasteiger partial charge in [-0.1, -0.05) is 75.3 Å². The normalized spacial score (nSPS) is 19.1. The Labute approximate surface area is 105 Å². The Morgan fingerprint density at radius 2 is 1.76 bits per heavy atom. The average Bonchev–Trinajstić information content (AvgIpc) is 2.41. The summed E-state index contributed by atoms with van der Waals surface area (Å²) in [5.74, 6) is 0.937. The molecule has 17 heavy (non-hydrogen) atoms. The first-order valence-corrected chi connectivity index (χ1v) is 7.09. The summed E-state index contributed by atoms with van der Waals surface area (Å²) in [5.41, 5.74) is 1.07. The summed E-state index contributed by atoms with van der Waals surface area (Å²) >= 11 is 0. The second-order valence-corrected chi connectivity index (χ2v) is 5.36. The quantitative estimate of drug-likeness (QED) is 0.794. The summed E-state index contributed by atoms with van der Waals surface area (Å²) < 4.78 is 0. The zero-order valence-electron chi connectivity index (χ0n) is 10.6. The van der Waals surface area contributed by atoms with E-state index in [1.807, 2.05) is 30.3 Å². The maximum absolute atomic E-state index is 10.0. The van der Waals surface area contributed by atoms with Gasteiger partial charge in [0, 0.05) is 0 Å². The van der Waals surface area contributed by atoms with Crippen molar-refractivity contribution in [1.82, 2.24) is 0 Å². The molecule has 1 aliphatic carbocycles. The van der Waals surface area contributed by atoms with Gasteiger partial charge in [-0.2, -0.15) is 0 Å². The third kappa shape index (κ3) is 4.16. The first-order chi connectivity index (χ1) is 8.36. The number of aliphatic hydroxyl groups excluding tert-OH is 1. The Morgan fingerprint density at radius 3 is 2.47 bits per heavy atom. The van der Waals surface area contributed by atoms with Crippen LogP contribution in [0.15, 0.2) is 30.3 Å². The molecule has 2 rings (SSSR count). The van der Waals surface area contributed by atoms with Gasteiger partial charge < -0.3 is 5.11 Å². The van der Waals surface area contributed by atoms with Gasteiger partial charge in [-0.25, -0.2) is 0 Å². The molecule has 1 heteroatoms. The van der Waals surface area contributed by atoms with Gasteiger partial charge in [-0.15, -0.1) is 0 Å². The maximum atomic E-state index is 10.0. The Bertz CT molecular complexity index is 301. The molecule has 0 aromatic heterocycles. The Balaban J connectivity index is 1.67. The van der Waals surface area contributed by atoms with Crippen LogP contribution < -0.4 is 0 Å². The molecule has 0 spiro atoms. The molecule has 94 valence electrons. The largest absolute Gasteiger partial charge is 0.388 e. The summed E-state index contributed by atoms with van der Waals surface area (Å²) in [5, 5.41) is 10.0. The van der Waals surface area contributed by atoms with Crippen LogP contribution in [0, 0.1) is 5.92 Å². The second-order valence-electron chi connectivity index (χ2n) is 5.36. The van der Waals surface area contributed by atoms with E-state index in [1.165, 1.54) is 44.9 Å². The van der Waals surface area contributed by atoms with Gasteiger partial charge in [0.25, 0.3) is 0 Å². The molecule has 1 unspecified atom stereocenters. The van der Waals surface area contributed by atoms with Crippen molar-refractivity contribution >= 4 is 0 Å². The number of aliphatic hydroxyl groups is 1. The van der Waals surface area contributed by atoms with Crippen LogP contribution in [0.2, 0.25) is 0 Å². The fourth-order valence-electron chi connectivity index (χ4n) is 2.92. The second kappa shape index (κ2) is 6.80. The Kier molecular flexibility index (Phi) is 5.06. The lowest BCUT2D eigenvalue weighted by Crippen LogP contribution is -2.07. The molecule has 0 bridgehead atoms. The minimum atomic E-state index is -0.264. The van der Waals surface area contributed by atoms with Gasteiger partial charge in [0.05, 0.1) is 6.10 Å². The van der Waals surface area contributed by atoms with E-state index in [2.05, 4.69) is 0 Å². The fourth-order valence-corrected chi connectivity index (χ4v) is 2.92. The molecule has 1 aromatic rings. The van der Waals surface area contributed by atoms with E-state index in [0.29, 0.717) is 0 Å². The van der Waals surface area contributed by atoms with Crippen LogP contribution in [0.25, 0.3) is 0 Å². The molecule has 1 atom stereocenters. The first kappa shape index (κ1) is 12.6. The van der Waals surface area contributed by atoms with Crippen molar-refractivity contribution in [3.8, 4) is 0 Å². The van der Waals surface area contributed by atoms with E-state index < -0.39 is 0 Å². The van der Waals surface area contributed by atoms with Gasteiger partial charge >= 0.3 is 0 Å². The van der Waals surface area contributed by atoms with E-state index in [4.69, 9.17) is 0 Å². The van der Waals surface area contributed by atoms with Gasteiger partial charge in [0.1, 0.15) is 0 Å². The zero-order chi connectivity index (χ0) is 11.9. The number of hydrogen-bond donors (Lipinski definition) is 1. The third-order valence-electron chi connectivity index (χ3n) is 4.00. The fraction of sp³-hybridized carbons (Fsp3) is 0.625. The highest BCUT2D eigenvalue weighted by Gasteiger charge is 2.14. The summed E-state index contributed by atoms with van der Waals surface area (Å²) in [7, 11) is 0. The lowest BCUT2D eigenvalue weighted by atomic mass is 9.85. The molecule has 1 fully saturated rings. The van der Waals surface area contributed by atoms with Crippen molar-refractivity contribution in [2.75, 3.05) is 0 Å². The summed E-state index contributed by atoms with van der Waals surface area (Å²) in [4.78, 5) is 0. The predicted molar refractivity (Wildman–Crippen MR) is 71.8 cm³/mol. The molecular weight excluding hydrogens is 208 g/mol. The van der Waals surface area contributed by atoms with Crippen LogP contribution in [0.4, 0.5) is 0 Å². The lowest BCUT2D eigenvalue weighted by molar-refractivity contribution is 0.159. The van der Waals surface area contributed by atoms with Crippen molar-refractivity contribution < 1.29 is 5.11 Å². The van der Waals surface area contributed by atoms with E-state index in [-0.39, 0.29) is 6.10 Å². The van der Waals surface area contributed by atoms with Crippen LogP contribution in [-0.2, 0) is 0 Å². The Morgan fingerprint density at radius 1 is 1.06 bits per heavy atom. The molecular formula is C16H24O. The van der Waals surface area contributed by atoms with E-state index in [9.17, 15) is 5.11 Å². The summed E-state index contributed by atoms with van der Waals surface area (Å²) in [6.45, 7) is 0. The van der Waals surface area contributed by atoms with Gasteiger partial charge in [-0.3, -0.25) is 0 Å². The highest BCUT2D eigenvalue weighted by atomic mass is 16.3. The first-order valence-electron chi connectivity index (χ1n) is 7.09. The number of benzene rings is 1. The van der Waals surface area contributed by atoms with Crippen molar-refractivity contribution in [3.05, 3.63) is 35.9 Å². The summed E-state index contributed by atoms with van der Waals surface area (Å²) in [6.07, 6.45) is 10.2. The average molecular weight is 232 g/mol. The van der Waals surface area contributed by atoms with Crippen molar-refractivity contribution in [2.24, 2.45) is 5.92 Å². The van der Waals surface area contributed by atoms with Crippen molar-refractivity contribution in [3.63, 3.8) is 0 Å². The number of hydrogen-bond acceptors (Lipinski definition) is 1. The molecule has 1 aliphatic rings. The standard InChI is InChI=1S/C16H24O/c17-16(15-11-5-2-6-12-15)13-7-10-14-8-3-1-4-9-14/h2,5-6,11-12,14,16-17H,1,3-4,7-10,13H2. The molecule has 0 saturated heterocycles. The highest BCUT2D eigenvalue weighted by Crippen LogP contribution is 2.29. The topological polar surface area (TPSA) is 20.2 Å². The zero-order valence-corrected chi connectivity index (χ0v) is 10.6. The van der Waals surface area contributed by atoms with Crippen LogP contribution >= 0.6 is 0 Å². The molecule has 0 radical (unpaired) electrons. The van der Waals surface area contributed by atoms with E-state index in [0.717, 1.165) is 17.9 Å². The highest BCUT2D eigenvalue weighted by molar-refractivity contribution is 5.16. The van der Waals surface area contributed by atoms with Gasteiger partial charge in [0.15, 0.2) is 0 Å². The molecule has 0 amide bonds. The summed E-state index contributed by atoms with van der Waals surface area (Å²) in [6, 6.07) is 10.0.